The minimum atomic E-state index is -0.168. The van der Waals surface area contributed by atoms with Gasteiger partial charge in [-0.15, -0.1) is 0 Å². The molecule has 2 amide bonds. The summed E-state index contributed by atoms with van der Waals surface area (Å²) in [6.45, 7) is 3.40. The molecule has 1 aliphatic rings. The Bertz CT molecular complexity index is 521. The number of likely N-dealkylation sites (tertiary alicyclic amines) is 1. The Morgan fingerprint density at radius 1 is 1.39 bits per heavy atom. The number of ether oxygens (including phenoxy) is 1. The second kappa shape index (κ2) is 8.53. The molecule has 1 unspecified atom stereocenters. The first-order valence-corrected chi connectivity index (χ1v) is 8.06. The van der Waals surface area contributed by atoms with Crippen molar-refractivity contribution < 1.29 is 14.3 Å². The van der Waals surface area contributed by atoms with Gasteiger partial charge in [0.05, 0.1) is 5.92 Å². The van der Waals surface area contributed by atoms with Gasteiger partial charge in [0.2, 0.25) is 5.91 Å². The fourth-order valence-electron chi connectivity index (χ4n) is 2.59. The molecule has 1 aromatic rings. The summed E-state index contributed by atoms with van der Waals surface area (Å²) in [6, 6.07) is 9.20. The van der Waals surface area contributed by atoms with Crippen LogP contribution in [-0.2, 0) is 9.59 Å². The van der Waals surface area contributed by atoms with Gasteiger partial charge < -0.3 is 20.7 Å². The first-order valence-electron chi connectivity index (χ1n) is 8.06. The van der Waals surface area contributed by atoms with Crippen molar-refractivity contribution >= 4 is 11.8 Å². The lowest BCUT2D eigenvalue weighted by molar-refractivity contribution is -0.137. The van der Waals surface area contributed by atoms with Crippen molar-refractivity contribution in [3.05, 3.63) is 30.3 Å². The number of amides is 2. The Labute approximate surface area is 137 Å². The predicted octanol–water partition coefficient (Wildman–Crippen LogP) is 0.767. The fraction of sp³-hybridized carbons (Fsp3) is 0.529. The molecule has 126 valence electrons. The van der Waals surface area contributed by atoms with Crippen LogP contribution in [0.25, 0.3) is 0 Å². The number of piperidine rings is 1. The standard InChI is InChI=1S/C17H25N3O3/c1-13(10-18)19-17(22)14-6-5-9-20(11-14)16(21)12-23-15-7-3-2-4-8-15/h2-4,7-8,13-14H,5-6,9-12,18H2,1H3,(H,19,22)/t13-,14?/m0/s1. The summed E-state index contributed by atoms with van der Waals surface area (Å²) in [4.78, 5) is 26.2. The summed E-state index contributed by atoms with van der Waals surface area (Å²) >= 11 is 0. The topological polar surface area (TPSA) is 84.7 Å². The van der Waals surface area contributed by atoms with Crippen LogP contribution in [0, 0.1) is 5.92 Å². The van der Waals surface area contributed by atoms with E-state index in [1.165, 1.54) is 0 Å². The van der Waals surface area contributed by atoms with Gasteiger partial charge in [-0.2, -0.15) is 0 Å². The number of rotatable bonds is 6. The van der Waals surface area contributed by atoms with Crippen LogP contribution in [-0.4, -0.2) is 49.0 Å². The molecule has 3 N–H and O–H groups in total. The third-order valence-corrected chi connectivity index (χ3v) is 3.99. The highest BCUT2D eigenvalue weighted by Crippen LogP contribution is 2.17. The summed E-state index contributed by atoms with van der Waals surface area (Å²) in [5.74, 6) is 0.394. The van der Waals surface area contributed by atoms with Gasteiger partial charge in [0, 0.05) is 25.7 Å². The monoisotopic (exact) mass is 319 g/mol. The number of carbonyl (C=O) groups excluding carboxylic acids is 2. The third kappa shape index (κ3) is 5.25. The lowest BCUT2D eigenvalue weighted by atomic mass is 9.96. The number of nitrogens with one attached hydrogen (secondary N) is 1. The first kappa shape index (κ1) is 17.3. The van der Waals surface area contributed by atoms with E-state index in [1.54, 1.807) is 4.90 Å². The summed E-state index contributed by atoms with van der Waals surface area (Å²) in [5, 5.41) is 2.88. The fourth-order valence-corrected chi connectivity index (χ4v) is 2.59. The van der Waals surface area contributed by atoms with E-state index in [2.05, 4.69) is 5.32 Å². The van der Waals surface area contributed by atoms with Crippen molar-refractivity contribution in [3.63, 3.8) is 0 Å². The summed E-state index contributed by atoms with van der Waals surface area (Å²) < 4.78 is 5.49. The molecule has 0 radical (unpaired) electrons. The van der Waals surface area contributed by atoms with Gasteiger partial charge in [-0.25, -0.2) is 0 Å². The van der Waals surface area contributed by atoms with Gasteiger partial charge in [-0.1, -0.05) is 18.2 Å². The van der Waals surface area contributed by atoms with E-state index < -0.39 is 0 Å². The van der Waals surface area contributed by atoms with Crippen LogP contribution >= 0.6 is 0 Å². The number of nitrogens with two attached hydrogens (primary N) is 1. The molecule has 6 heteroatoms. The van der Waals surface area contributed by atoms with Gasteiger partial charge in [0.25, 0.3) is 5.91 Å². The molecule has 1 aliphatic heterocycles. The molecule has 1 fully saturated rings. The highest BCUT2D eigenvalue weighted by molar-refractivity contribution is 5.82. The van der Waals surface area contributed by atoms with Crippen molar-refractivity contribution in [2.45, 2.75) is 25.8 Å². The Morgan fingerprint density at radius 2 is 2.13 bits per heavy atom. The average Bonchev–Trinajstić information content (AvgIpc) is 2.60. The summed E-state index contributed by atoms with van der Waals surface area (Å²) in [6.07, 6.45) is 1.62. The summed E-state index contributed by atoms with van der Waals surface area (Å²) in [5.41, 5.74) is 5.52. The van der Waals surface area contributed by atoms with Crippen LogP contribution in [0.5, 0.6) is 5.75 Å². The van der Waals surface area contributed by atoms with Crippen molar-refractivity contribution in [2.24, 2.45) is 11.7 Å². The maximum absolute atomic E-state index is 12.3. The van der Waals surface area contributed by atoms with Gasteiger partial charge in [0.1, 0.15) is 5.75 Å². The van der Waals surface area contributed by atoms with Gasteiger partial charge in [-0.05, 0) is 31.9 Å². The third-order valence-electron chi connectivity index (χ3n) is 3.99. The lowest BCUT2D eigenvalue weighted by Gasteiger charge is -2.32. The quantitative estimate of drug-likeness (QED) is 0.811. The number of benzene rings is 1. The SMILES string of the molecule is C[C@@H](CN)NC(=O)C1CCCN(C(=O)COc2ccccc2)C1. The number of hydrogen-bond acceptors (Lipinski definition) is 4. The van der Waals surface area contributed by atoms with Crippen LogP contribution in [0.3, 0.4) is 0 Å². The molecule has 2 atom stereocenters. The largest absolute Gasteiger partial charge is 0.484 e. The van der Waals surface area contributed by atoms with Crippen molar-refractivity contribution in [2.75, 3.05) is 26.2 Å². The molecular formula is C17H25N3O3. The van der Waals surface area contributed by atoms with E-state index in [9.17, 15) is 9.59 Å². The molecule has 0 saturated carbocycles. The average molecular weight is 319 g/mol. The zero-order chi connectivity index (χ0) is 16.7. The highest BCUT2D eigenvalue weighted by Gasteiger charge is 2.28. The maximum atomic E-state index is 12.3. The second-order valence-electron chi connectivity index (χ2n) is 5.93. The Kier molecular flexibility index (Phi) is 6.40. The molecule has 0 aromatic heterocycles. The van der Waals surface area contributed by atoms with E-state index in [4.69, 9.17) is 10.5 Å². The molecule has 1 saturated heterocycles. The Morgan fingerprint density at radius 3 is 2.83 bits per heavy atom. The molecule has 0 spiro atoms. The Balaban J connectivity index is 1.82. The van der Waals surface area contributed by atoms with E-state index in [-0.39, 0.29) is 30.4 Å². The normalized spacial score (nSPS) is 19.0. The molecule has 1 aromatic carbocycles. The van der Waals surface area contributed by atoms with E-state index in [1.807, 2.05) is 37.3 Å². The Hall–Kier alpha value is -2.08. The molecule has 2 rings (SSSR count). The van der Waals surface area contributed by atoms with Crippen molar-refractivity contribution in [1.82, 2.24) is 10.2 Å². The van der Waals surface area contributed by atoms with Crippen LogP contribution in [0.2, 0.25) is 0 Å². The summed E-state index contributed by atoms with van der Waals surface area (Å²) in [7, 11) is 0. The van der Waals surface area contributed by atoms with Crippen LogP contribution in [0.4, 0.5) is 0 Å². The molecular weight excluding hydrogens is 294 g/mol. The zero-order valence-electron chi connectivity index (χ0n) is 13.5. The smallest absolute Gasteiger partial charge is 0.260 e. The lowest BCUT2D eigenvalue weighted by Crippen LogP contribution is -2.49. The molecule has 0 aliphatic carbocycles. The zero-order valence-corrected chi connectivity index (χ0v) is 13.5. The number of nitrogens with zero attached hydrogens (tertiary/aromatic N) is 1. The highest BCUT2D eigenvalue weighted by atomic mass is 16.5. The minimum Gasteiger partial charge on any atom is -0.484 e. The predicted molar refractivity (Wildman–Crippen MR) is 87.9 cm³/mol. The minimum absolute atomic E-state index is 0.00243. The number of para-hydroxylation sites is 1. The van der Waals surface area contributed by atoms with E-state index >= 15 is 0 Å². The van der Waals surface area contributed by atoms with E-state index in [0.29, 0.717) is 25.4 Å². The van der Waals surface area contributed by atoms with Crippen molar-refractivity contribution in [3.8, 4) is 5.75 Å². The van der Waals surface area contributed by atoms with Gasteiger partial charge in [0.15, 0.2) is 6.61 Å². The number of hydrogen-bond donors (Lipinski definition) is 2. The van der Waals surface area contributed by atoms with E-state index in [0.717, 1.165) is 12.8 Å². The molecule has 1 heterocycles. The van der Waals surface area contributed by atoms with Crippen LogP contribution in [0.15, 0.2) is 30.3 Å². The molecule has 0 bridgehead atoms. The molecule has 23 heavy (non-hydrogen) atoms. The second-order valence-corrected chi connectivity index (χ2v) is 5.93. The van der Waals surface area contributed by atoms with Gasteiger partial charge in [-0.3, -0.25) is 9.59 Å². The number of carbonyl (C=O) groups is 2. The van der Waals surface area contributed by atoms with Crippen molar-refractivity contribution in [1.29, 1.82) is 0 Å². The first-order chi connectivity index (χ1) is 11.1. The molecule has 6 nitrogen and oxygen atoms in total. The van der Waals surface area contributed by atoms with Gasteiger partial charge >= 0.3 is 0 Å². The maximum Gasteiger partial charge on any atom is 0.260 e. The van der Waals surface area contributed by atoms with Crippen LogP contribution in [0.1, 0.15) is 19.8 Å². The van der Waals surface area contributed by atoms with Crippen LogP contribution < -0.4 is 15.8 Å².